The second kappa shape index (κ2) is 5.70. The Morgan fingerprint density at radius 1 is 1.26 bits per heavy atom. The van der Waals surface area contributed by atoms with Crippen molar-refractivity contribution < 1.29 is 9.53 Å². The maximum Gasteiger partial charge on any atom is 0.274 e. The Balaban J connectivity index is 1.34. The van der Waals surface area contributed by atoms with E-state index in [2.05, 4.69) is 21.0 Å². The standard InChI is InChI=1S/C17H18N4O2/c22-16(15-9-19-4-5-20-15)21-10-17(11-21)7-14(23-12-17)6-13-2-1-3-18-8-13/h1-5,8-9,14H,6-7,10-12H2/t14-/m0/s1. The molecule has 6 heteroatoms. The van der Waals surface area contributed by atoms with Crippen LogP contribution in [0.3, 0.4) is 0 Å². The van der Waals surface area contributed by atoms with E-state index in [-0.39, 0.29) is 17.4 Å². The molecule has 2 aliphatic rings. The van der Waals surface area contributed by atoms with Crippen molar-refractivity contribution in [1.29, 1.82) is 0 Å². The Bertz CT molecular complexity index is 686. The second-order valence-electron chi connectivity index (χ2n) is 6.45. The third-order valence-corrected chi connectivity index (χ3v) is 4.59. The Morgan fingerprint density at radius 3 is 2.87 bits per heavy atom. The molecule has 2 aromatic rings. The molecule has 1 spiro atoms. The lowest BCUT2D eigenvalue weighted by Gasteiger charge is -2.47. The number of carbonyl (C=O) groups is 1. The van der Waals surface area contributed by atoms with Gasteiger partial charge in [-0.3, -0.25) is 14.8 Å². The zero-order valence-electron chi connectivity index (χ0n) is 12.8. The van der Waals surface area contributed by atoms with E-state index >= 15 is 0 Å². The fourth-order valence-electron chi connectivity index (χ4n) is 3.51. The van der Waals surface area contributed by atoms with E-state index in [1.807, 2.05) is 17.2 Å². The number of aromatic nitrogens is 3. The van der Waals surface area contributed by atoms with Crippen molar-refractivity contribution >= 4 is 5.91 Å². The number of hydrogen-bond acceptors (Lipinski definition) is 5. The van der Waals surface area contributed by atoms with Crippen LogP contribution < -0.4 is 0 Å². The Hall–Kier alpha value is -2.34. The van der Waals surface area contributed by atoms with Gasteiger partial charge in [0, 0.05) is 49.7 Å². The van der Waals surface area contributed by atoms with E-state index < -0.39 is 0 Å². The van der Waals surface area contributed by atoms with E-state index in [1.54, 1.807) is 18.6 Å². The van der Waals surface area contributed by atoms with E-state index in [0.717, 1.165) is 32.5 Å². The Labute approximate surface area is 134 Å². The molecule has 4 rings (SSSR count). The van der Waals surface area contributed by atoms with Crippen LogP contribution >= 0.6 is 0 Å². The van der Waals surface area contributed by atoms with E-state index in [9.17, 15) is 4.79 Å². The molecule has 1 atom stereocenters. The lowest BCUT2D eigenvalue weighted by atomic mass is 9.77. The van der Waals surface area contributed by atoms with Crippen LogP contribution in [0.2, 0.25) is 0 Å². The topological polar surface area (TPSA) is 68.2 Å². The smallest absolute Gasteiger partial charge is 0.274 e. The largest absolute Gasteiger partial charge is 0.377 e. The summed E-state index contributed by atoms with van der Waals surface area (Å²) in [6, 6.07) is 4.02. The van der Waals surface area contributed by atoms with Crippen LogP contribution in [0.1, 0.15) is 22.5 Å². The number of hydrogen-bond donors (Lipinski definition) is 0. The van der Waals surface area contributed by atoms with Gasteiger partial charge in [0.05, 0.1) is 18.9 Å². The summed E-state index contributed by atoms with van der Waals surface area (Å²) in [6.45, 7) is 2.21. The summed E-state index contributed by atoms with van der Waals surface area (Å²) < 4.78 is 5.95. The third-order valence-electron chi connectivity index (χ3n) is 4.59. The third kappa shape index (κ3) is 2.82. The van der Waals surface area contributed by atoms with Crippen molar-refractivity contribution in [2.45, 2.75) is 18.9 Å². The predicted molar refractivity (Wildman–Crippen MR) is 82.7 cm³/mol. The molecule has 2 aliphatic heterocycles. The molecule has 0 N–H and O–H groups in total. The van der Waals surface area contributed by atoms with Crippen molar-refractivity contribution in [3.8, 4) is 0 Å². The quantitative estimate of drug-likeness (QED) is 0.856. The summed E-state index contributed by atoms with van der Waals surface area (Å²) in [4.78, 5) is 26.3. The fourth-order valence-corrected chi connectivity index (χ4v) is 3.51. The molecule has 2 fully saturated rings. The summed E-state index contributed by atoms with van der Waals surface area (Å²) in [7, 11) is 0. The van der Waals surface area contributed by atoms with Crippen LogP contribution in [0, 0.1) is 5.41 Å². The second-order valence-corrected chi connectivity index (χ2v) is 6.45. The maximum atomic E-state index is 12.3. The normalized spacial score (nSPS) is 22.1. The van der Waals surface area contributed by atoms with Gasteiger partial charge in [0.15, 0.2) is 0 Å². The lowest BCUT2D eigenvalue weighted by Crippen LogP contribution is -2.59. The molecule has 0 aromatic carbocycles. The van der Waals surface area contributed by atoms with Gasteiger partial charge in [-0.25, -0.2) is 4.98 Å². The van der Waals surface area contributed by atoms with Crippen molar-refractivity contribution in [3.05, 3.63) is 54.4 Å². The summed E-state index contributed by atoms with van der Waals surface area (Å²) in [5, 5.41) is 0. The average Bonchev–Trinajstić information content (AvgIpc) is 2.99. The van der Waals surface area contributed by atoms with Gasteiger partial charge in [0.25, 0.3) is 5.91 Å². The van der Waals surface area contributed by atoms with Crippen molar-refractivity contribution in [1.82, 2.24) is 19.9 Å². The van der Waals surface area contributed by atoms with E-state index in [0.29, 0.717) is 5.69 Å². The molecule has 0 radical (unpaired) electrons. The molecule has 2 aromatic heterocycles. The summed E-state index contributed by atoms with van der Waals surface area (Å²) in [5.41, 5.74) is 1.72. The number of nitrogens with zero attached hydrogens (tertiary/aromatic N) is 4. The van der Waals surface area contributed by atoms with Gasteiger partial charge in [-0.15, -0.1) is 0 Å². The summed E-state index contributed by atoms with van der Waals surface area (Å²) in [5.74, 6) is -0.0422. The number of rotatable bonds is 3. The summed E-state index contributed by atoms with van der Waals surface area (Å²) in [6.07, 6.45) is 10.4. The van der Waals surface area contributed by atoms with Crippen LogP contribution in [-0.4, -0.2) is 51.6 Å². The first-order chi connectivity index (χ1) is 11.2. The number of carbonyl (C=O) groups excluding carboxylic acids is 1. The van der Waals surface area contributed by atoms with Gasteiger partial charge >= 0.3 is 0 Å². The SMILES string of the molecule is O=C(c1cnccn1)N1CC2(CO[C@@H](Cc3cccnc3)C2)C1. The van der Waals surface area contributed by atoms with E-state index in [4.69, 9.17) is 4.74 Å². The lowest BCUT2D eigenvalue weighted by molar-refractivity contribution is -0.00175. The van der Waals surface area contributed by atoms with Gasteiger partial charge < -0.3 is 9.64 Å². The molecule has 2 saturated heterocycles. The highest BCUT2D eigenvalue weighted by Gasteiger charge is 2.50. The maximum absolute atomic E-state index is 12.3. The molecule has 0 saturated carbocycles. The van der Waals surface area contributed by atoms with Gasteiger partial charge in [0.1, 0.15) is 5.69 Å². The molecule has 4 heterocycles. The van der Waals surface area contributed by atoms with Crippen LogP contribution in [0.4, 0.5) is 0 Å². The first-order valence-corrected chi connectivity index (χ1v) is 7.80. The van der Waals surface area contributed by atoms with Crippen LogP contribution in [0.25, 0.3) is 0 Å². The predicted octanol–water partition coefficient (Wildman–Crippen LogP) is 1.35. The minimum absolute atomic E-state index is 0.0422. The molecule has 0 unspecified atom stereocenters. The Kier molecular flexibility index (Phi) is 3.53. The van der Waals surface area contributed by atoms with Crippen LogP contribution in [0.15, 0.2) is 43.1 Å². The van der Waals surface area contributed by atoms with Crippen LogP contribution in [-0.2, 0) is 11.2 Å². The molecular formula is C17H18N4O2. The zero-order chi connectivity index (χ0) is 15.7. The fraction of sp³-hybridized carbons (Fsp3) is 0.412. The minimum atomic E-state index is -0.0422. The Morgan fingerprint density at radius 2 is 2.13 bits per heavy atom. The van der Waals surface area contributed by atoms with Gasteiger partial charge in [0.2, 0.25) is 0 Å². The van der Waals surface area contributed by atoms with Crippen LogP contribution in [0.5, 0.6) is 0 Å². The van der Waals surface area contributed by atoms with Gasteiger partial charge in [-0.2, -0.15) is 0 Å². The van der Waals surface area contributed by atoms with Gasteiger partial charge in [-0.1, -0.05) is 6.07 Å². The molecular weight excluding hydrogens is 292 g/mol. The molecule has 23 heavy (non-hydrogen) atoms. The highest BCUT2D eigenvalue weighted by molar-refractivity contribution is 5.92. The zero-order valence-corrected chi connectivity index (χ0v) is 12.8. The van der Waals surface area contributed by atoms with Gasteiger partial charge in [-0.05, 0) is 18.1 Å². The molecule has 118 valence electrons. The molecule has 6 nitrogen and oxygen atoms in total. The minimum Gasteiger partial charge on any atom is -0.377 e. The number of amides is 1. The molecule has 0 aliphatic carbocycles. The number of pyridine rings is 1. The monoisotopic (exact) mass is 310 g/mol. The molecule has 0 bridgehead atoms. The van der Waals surface area contributed by atoms with Crippen molar-refractivity contribution in [3.63, 3.8) is 0 Å². The average molecular weight is 310 g/mol. The first-order valence-electron chi connectivity index (χ1n) is 7.80. The highest BCUT2D eigenvalue weighted by atomic mass is 16.5. The number of likely N-dealkylation sites (tertiary alicyclic amines) is 1. The van der Waals surface area contributed by atoms with E-state index in [1.165, 1.54) is 11.8 Å². The summed E-state index contributed by atoms with van der Waals surface area (Å²) >= 11 is 0. The van der Waals surface area contributed by atoms with Crippen molar-refractivity contribution in [2.75, 3.05) is 19.7 Å². The van der Waals surface area contributed by atoms with Crippen molar-refractivity contribution in [2.24, 2.45) is 5.41 Å². The highest BCUT2D eigenvalue weighted by Crippen LogP contribution is 2.42. The molecule has 1 amide bonds. The number of ether oxygens (including phenoxy) is 1. The first kappa shape index (κ1) is 14.3.